The summed E-state index contributed by atoms with van der Waals surface area (Å²) in [7, 11) is 0. The molecule has 0 saturated heterocycles. The third-order valence-corrected chi connectivity index (χ3v) is 3.12. The van der Waals surface area contributed by atoms with E-state index in [2.05, 4.69) is 0 Å². The predicted octanol–water partition coefficient (Wildman–Crippen LogP) is 0.738. The molecule has 0 aliphatic carbocycles. The number of carbonyl (C=O) groups excluding carboxylic acids is 2. The summed E-state index contributed by atoms with van der Waals surface area (Å²) in [4.78, 5) is 29.1. The summed E-state index contributed by atoms with van der Waals surface area (Å²) in [6, 6.07) is 6.58. The maximum absolute atomic E-state index is 11.9. The van der Waals surface area contributed by atoms with E-state index in [-0.39, 0.29) is 13.2 Å². The van der Waals surface area contributed by atoms with Gasteiger partial charge in [0.25, 0.3) is 11.8 Å². The summed E-state index contributed by atoms with van der Waals surface area (Å²) in [6.45, 7) is -0.0527. The Hall–Kier alpha value is -1.76. The molecule has 1 atom stereocenters. The molecule has 1 aliphatic heterocycles. The molecule has 6 heteroatoms. The van der Waals surface area contributed by atoms with Crippen LogP contribution >= 0.6 is 0 Å². The molecular weight excluding hydrogens is 262 g/mol. The van der Waals surface area contributed by atoms with E-state index in [0.717, 1.165) is 5.06 Å². The standard InChI is InChI=1S/C14H17NO5/c16-9-10(17)5-3-4-8-20-15-13(18)11-6-1-2-7-12(11)14(15)19/h1-2,6-7,10,16-17H,3-5,8-9H2. The van der Waals surface area contributed by atoms with Gasteiger partial charge in [0.15, 0.2) is 0 Å². The summed E-state index contributed by atoms with van der Waals surface area (Å²) >= 11 is 0. The van der Waals surface area contributed by atoms with Crippen molar-refractivity contribution in [2.45, 2.75) is 25.4 Å². The van der Waals surface area contributed by atoms with Gasteiger partial charge < -0.3 is 10.2 Å². The van der Waals surface area contributed by atoms with E-state index in [9.17, 15) is 9.59 Å². The van der Waals surface area contributed by atoms with E-state index in [0.29, 0.717) is 30.4 Å². The first-order valence-corrected chi connectivity index (χ1v) is 6.54. The minimum absolute atomic E-state index is 0.212. The lowest BCUT2D eigenvalue weighted by Crippen LogP contribution is -2.30. The number of fused-ring (bicyclic) bond motifs is 1. The molecule has 0 spiro atoms. The molecule has 0 fully saturated rings. The van der Waals surface area contributed by atoms with Crippen LogP contribution in [0.1, 0.15) is 40.0 Å². The maximum atomic E-state index is 11.9. The summed E-state index contributed by atoms with van der Waals surface area (Å²) < 4.78 is 0. The van der Waals surface area contributed by atoms with Crippen LogP contribution < -0.4 is 0 Å². The van der Waals surface area contributed by atoms with Crippen LogP contribution in [0.15, 0.2) is 24.3 Å². The summed E-state index contributed by atoms with van der Waals surface area (Å²) in [5.74, 6) is -0.887. The van der Waals surface area contributed by atoms with Crippen molar-refractivity contribution in [1.29, 1.82) is 0 Å². The van der Waals surface area contributed by atoms with E-state index in [1.807, 2.05) is 0 Å². The normalized spacial score (nSPS) is 15.6. The fourth-order valence-electron chi connectivity index (χ4n) is 2.01. The van der Waals surface area contributed by atoms with E-state index < -0.39 is 17.9 Å². The van der Waals surface area contributed by atoms with Gasteiger partial charge in [-0.1, -0.05) is 12.1 Å². The molecule has 2 N–H and O–H groups in total. The van der Waals surface area contributed by atoms with Crippen LogP contribution in [0.3, 0.4) is 0 Å². The Morgan fingerprint density at radius 3 is 2.25 bits per heavy atom. The highest BCUT2D eigenvalue weighted by Gasteiger charge is 2.36. The van der Waals surface area contributed by atoms with Gasteiger partial charge in [-0.3, -0.25) is 14.4 Å². The second-order valence-electron chi connectivity index (χ2n) is 4.62. The number of hydroxylamine groups is 2. The maximum Gasteiger partial charge on any atom is 0.285 e. The quantitative estimate of drug-likeness (QED) is 0.568. The van der Waals surface area contributed by atoms with Crippen molar-refractivity contribution in [3.63, 3.8) is 0 Å². The third kappa shape index (κ3) is 3.04. The lowest BCUT2D eigenvalue weighted by molar-refractivity contribution is -0.0927. The lowest BCUT2D eigenvalue weighted by Gasteiger charge is -2.13. The van der Waals surface area contributed by atoms with Gasteiger partial charge >= 0.3 is 0 Å². The van der Waals surface area contributed by atoms with Crippen LogP contribution in [-0.4, -0.2) is 46.4 Å². The number of carbonyl (C=O) groups is 2. The first-order chi connectivity index (χ1) is 9.65. The van der Waals surface area contributed by atoms with Crippen LogP contribution in [0, 0.1) is 0 Å². The van der Waals surface area contributed by atoms with Crippen LogP contribution in [0.5, 0.6) is 0 Å². The van der Waals surface area contributed by atoms with Crippen LogP contribution in [-0.2, 0) is 4.84 Å². The predicted molar refractivity (Wildman–Crippen MR) is 69.8 cm³/mol. The molecule has 1 unspecified atom stereocenters. The number of nitrogens with zero attached hydrogens (tertiary/aromatic N) is 1. The van der Waals surface area contributed by atoms with Crippen molar-refractivity contribution in [2.24, 2.45) is 0 Å². The molecule has 1 heterocycles. The van der Waals surface area contributed by atoms with Gasteiger partial charge in [0, 0.05) is 0 Å². The van der Waals surface area contributed by atoms with Gasteiger partial charge in [-0.15, -0.1) is 5.06 Å². The molecule has 0 saturated carbocycles. The Labute approximate surface area is 116 Å². The Morgan fingerprint density at radius 1 is 1.10 bits per heavy atom. The van der Waals surface area contributed by atoms with Gasteiger partial charge in [0.2, 0.25) is 0 Å². The Morgan fingerprint density at radius 2 is 1.70 bits per heavy atom. The smallest absolute Gasteiger partial charge is 0.285 e. The second kappa shape index (κ2) is 6.60. The molecule has 6 nitrogen and oxygen atoms in total. The van der Waals surface area contributed by atoms with Crippen molar-refractivity contribution >= 4 is 11.8 Å². The van der Waals surface area contributed by atoms with Crippen LogP contribution in [0.2, 0.25) is 0 Å². The number of aliphatic hydroxyl groups excluding tert-OH is 2. The number of rotatable bonds is 7. The molecule has 2 amide bonds. The van der Waals surface area contributed by atoms with Gasteiger partial charge in [-0.2, -0.15) is 0 Å². The van der Waals surface area contributed by atoms with Gasteiger partial charge in [-0.05, 0) is 31.4 Å². The van der Waals surface area contributed by atoms with Crippen molar-refractivity contribution in [2.75, 3.05) is 13.2 Å². The minimum atomic E-state index is -0.727. The van der Waals surface area contributed by atoms with Crippen LogP contribution in [0.25, 0.3) is 0 Å². The average Bonchev–Trinajstić information content (AvgIpc) is 2.71. The molecule has 1 aromatic carbocycles. The fourth-order valence-corrected chi connectivity index (χ4v) is 2.01. The number of hydrogen-bond acceptors (Lipinski definition) is 5. The zero-order chi connectivity index (χ0) is 14.5. The topological polar surface area (TPSA) is 87.1 Å². The van der Waals surface area contributed by atoms with Crippen molar-refractivity contribution in [3.05, 3.63) is 35.4 Å². The minimum Gasteiger partial charge on any atom is -0.394 e. The molecule has 0 bridgehead atoms. The first-order valence-electron chi connectivity index (χ1n) is 6.54. The Balaban J connectivity index is 1.81. The molecule has 2 rings (SSSR count). The van der Waals surface area contributed by atoms with Crippen LogP contribution in [0.4, 0.5) is 0 Å². The highest BCUT2D eigenvalue weighted by molar-refractivity contribution is 6.20. The van der Waals surface area contributed by atoms with Crippen molar-refractivity contribution < 1.29 is 24.6 Å². The van der Waals surface area contributed by atoms with Crippen molar-refractivity contribution in [3.8, 4) is 0 Å². The molecular formula is C14H17NO5. The molecule has 108 valence electrons. The van der Waals surface area contributed by atoms with Crippen molar-refractivity contribution in [1.82, 2.24) is 5.06 Å². The average molecular weight is 279 g/mol. The molecule has 0 aromatic heterocycles. The van der Waals surface area contributed by atoms with E-state index in [1.54, 1.807) is 24.3 Å². The highest BCUT2D eigenvalue weighted by atomic mass is 16.7. The Kier molecular flexibility index (Phi) is 4.84. The molecule has 1 aliphatic rings. The first kappa shape index (κ1) is 14.6. The fraction of sp³-hybridized carbons (Fsp3) is 0.429. The molecule has 20 heavy (non-hydrogen) atoms. The summed E-state index contributed by atoms with van der Waals surface area (Å²) in [5.41, 5.74) is 0.710. The SMILES string of the molecule is O=C1c2ccccc2C(=O)N1OCCCCC(O)CO. The third-order valence-electron chi connectivity index (χ3n) is 3.12. The second-order valence-corrected chi connectivity index (χ2v) is 4.62. The highest BCUT2D eigenvalue weighted by Crippen LogP contribution is 2.22. The number of hydrogen-bond donors (Lipinski definition) is 2. The number of unbranched alkanes of at least 4 members (excludes halogenated alkanes) is 1. The largest absolute Gasteiger partial charge is 0.394 e. The molecule has 1 aromatic rings. The lowest BCUT2D eigenvalue weighted by atomic mass is 10.1. The molecule has 0 radical (unpaired) electrons. The zero-order valence-corrected chi connectivity index (χ0v) is 11.0. The zero-order valence-electron chi connectivity index (χ0n) is 11.0. The number of benzene rings is 1. The number of imide groups is 1. The summed E-state index contributed by atoms with van der Waals surface area (Å²) in [5, 5.41) is 18.6. The number of amides is 2. The van der Waals surface area contributed by atoms with Gasteiger partial charge in [-0.25, -0.2) is 0 Å². The van der Waals surface area contributed by atoms with E-state index in [1.165, 1.54) is 0 Å². The Bertz CT molecular complexity index is 467. The van der Waals surface area contributed by atoms with Gasteiger partial charge in [0.1, 0.15) is 0 Å². The number of aliphatic hydroxyl groups is 2. The van der Waals surface area contributed by atoms with E-state index >= 15 is 0 Å². The monoisotopic (exact) mass is 279 g/mol. The van der Waals surface area contributed by atoms with Gasteiger partial charge in [0.05, 0.1) is 30.4 Å². The summed E-state index contributed by atoms with van der Waals surface area (Å²) in [6.07, 6.45) is 0.964. The van der Waals surface area contributed by atoms with E-state index in [4.69, 9.17) is 15.1 Å².